The molecule has 0 spiro atoms. The van der Waals surface area contributed by atoms with Crippen LogP contribution in [0.3, 0.4) is 0 Å². The number of aromatic amines is 1. The van der Waals surface area contributed by atoms with Crippen molar-refractivity contribution in [3.63, 3.8) is 0 Å². The van der Waals surface area contributed by atoms with Crippen LogP contribution >= 0.6 is 11.6 Å². The second-order valence-corrected chi connectivity index (χ2v) is 6.32. The fourth-order valence-corrected chi connectivity index (χ4v) is 2.82. The van der Waals surface area contributed by atoms with E-state index < -0.39 is 0 Å². The van der Waals surface area contributed by atoms with Crippen LogP contribution in [0.2, 0.25) is 5.02 Å². The molecule has 0 aliphatic rings. The number of aliphatic imine (C=N–C) groups is 1. The predicted molar refractivity (Wildman–Crippen MR) is 105 cm³/mol. The first-order valence-corrected chi connectivity index (χ1v) is 8.71. The predicted octanol–water partition coefficient (Wildman–Crippen LogP) is 3.55. The van der Waals surface area contributed by atoms with E-state index in [2.05, 4.69) is 49.9 Å². The highest BCUT2D eigenvalue weighted by Crippen LogP contribution is 2.17. The van der Waals surface area contributed by atoms with Crippen LogP contribution in [0.5, 0.6) is 0 Å². The highest BCUT2D eigenvalue weighted by molar-refractivity contribution is 6.30. The van der Waals surface area contributed by atoms with E-state index in [1.165, 1.54) is 6.33 Å². The lowest BCUT2D eigenvalue weighted by Gasteiger charge is -2.18. The average molecular weight is 369 g/mol. The molecule has 134 valence electrons. The first kappa shape index (κ1) is 17.9. The first-order valence-electron chi connectivity index (χ1n) is 8.33. The lowest BCUT2D eigenvalue weighted by atomic mass is 10.1. The number of benzene rings is 2. The van der Waals surface area contributed by atoms with Gasteiger partial charge in [-0.1, -0.05) is 41.9 Å². The van der Waals surface area contributed by atoms with Crippen LogP contribution in [-0.4, -0.2) is 28.2 Å². The van der Waals surface area contributed by atoms with E-state index in [9.17, 15) is 0 Å². The Kier molecular flexibility index (Phi) is 5.86. The number of nitrogens with zero attached hydrogens (tertiary/aromatic N) is 3. The van der Waals surface area contributed by atoms with Crippen LogP contribution in [0.4, 0.5) is 0 Å². The van der Waals surface area contributed by atoms with Crippen molar-refractivity contribution >= 4 is 17.6 Å². The summed E-state index contributed by atoms with van der Waals surface area (Å²) in [5, 5.41) is 14.2. The van der Waals surface area contributed by atoms with Gasteiger partial charge in [0.25, 0.3) is 0 Å². The molecular formula is C19H21ClN6. The summed E-state index contributed by atoms with van der Waals surface area (Å²) in [7, 11) is 1.75. The Morgan fingerprint density at radius 2 is 2.08 bits per heavy atom. The van der Waals surface area contributed by atoms with Gasteiger partial charge in [-0.15, -0.1) is 0 Å². The molecule has 0 radical (unpaired) electrons. The Morgan fingerprint density at radius 1 is 1.23 bits per heavy atom. The van der Waals surface area contributed by atoms with Gasteiger partial charge in [-0.25, -0.2) is 4.98 Å². The number of hydrogen-bond acceptors (Lipinski definition) is 3. The SMILES string of the molecule is CN=C(NCc1cccc(-c2ncn[nH]2)c1)NC(C)c1cccc(Cl)c1. The van der Waals surface area contributed by atoms with Crippen molar-refractivity contribution in [2.24, 2.45) is 4.99 Å². The average Bonchev–Trinajstić information content (AvgIpc) is 3.20. The maximum absolute atomic E-state index is 6.07. The molecule has 1 heterocycles. The van der Waals surface area contributed by atoms with Crippen molar-refractivity contribution in [2.45, 2.75) is 19.5 Å². The van der Waals surface area contributed by atoms with Crippen LogP contribution in [0.1, 0.15) is 24.1 Å². The summed E-state index contributed by atoms with van der Waals surface area (Å²) in [4.78, 5) is 8.48. The molecule has 26 heavy (non-hydrogen) atoms. The van der Waals surface area contributed by atoms with Crippen LogP contribution in [-0.2, 0) is 6.54 Å². The molecule has 7 heteroatoms. The lowest BCUT2D eigenvalue weighted by Crippen LogP contribution is -2.38. The first-order chi connectivity index (χ1) is 12.7. The van der Waals surface area contributed by atoms with Crippen LogP contribution < -0.4 is 10.6 Å². The normalized spacial score (nSPS) is 12.7. The largest absolute Gasteiger partial charge is 0.352 e. The van der Waals surface area contributed by atoms with Gasteiger partial charge >= 0.3 is 0 Å². The number of guanidine groups is 1. The molecule has 0 aliphatic carbocycles. The van der Waals surface area contributed by atoms with Crippen molar-refractivity contribution in [3.8, 4) is 11.4 Å². The molecule has 0 aliphatic heterocycles. The van der Waals surface area contributed by atoms with Crippen LogP contribution in [0.15, 0.2) is 59.9 Å². The number of H-pyrrole nitrogens is 1. The Balaban J connectivity index is 1.62. The Labute approximate surface area is 157 Å². The van der Waals surface area contributed by atoms with Gasteiger partial charge in [-0.05, 0) is 36.2 Å². The third-order valence-electron chi connectivity index (χ3n) is 4.00. The summed E-state index contributed by atoms with van der Waals surface area (Å²) in [5.41, 5.74) is 3.22. The van der Waals surface area contributed by atoms with Crippen LogP contribution in [0.25, 0.3) is 11.4 Å². The van der Waals surface area contributed by atoms with Crippen LogP contribution in [0, 0.1) is 0 Å². The number of nitrogens with one attached hydrogen (secondary N) is 3. The van der Waals surface area contributed by atoms with Crippen molar-refractivity contribution in [1.82, 2.24) is 25.8 Å². The van der Waals surface area contributed by atoms with Crippen molar-refractivity contribution < 1.29 is 0 Å². The molecule has 0 saturated heterocycles. The minimum Gasteiger partial charge on any atom is -0.352 e. The Hall–Kier alpha value is -2.86. The van der Waals surface area contributed by atoms with Gasteiger partial charge in [0, 0.05) is 24.2 Å². The molecule has 3 aromatic rings. The smallest absolute Gasteiger partial charge is 0.191 e. The van der Waals surface area contributed by atoms with E-state index in [-0.39, 0.29) is 6.04 Å². The highest BCUT2D eigenvalue weighted by atomic mass is 35.5. The van der Waals surface area contributed by atoms with E-state index in [1.807, 2.05) is 36.4 Å². The van der Waals surface area contributed by atoms with Crippen molar-refractivity contribution in [2.75, 3.05) is 7.05 Å². The molecule has 1 unspecified atom stereocenters. The standard InChI is InChI=1S/C19H21ClN6/c1-13(15-6-4-8-17(20)10-15)25-19(21-2)22-11-14-5-3-7-16(9-14)18-23-12-24-26-18/h3-10,12-13H,11H2,1-2H3,(H2,21,22,25)(H,23,24,26). The Morgan fingerprint density at radius 3 is 2.81 bits per heavy atom. The van der Waals surface area contributed by atoms with Gasteiger partial charge in [0.05, 0.1) is 6.04 Å². The van der Waals surface area contributed by atoms with Gasteiger partial charge in [0.2, 0.25) is 0 Å². The summed E-state index contributed by atoms with van der Waals surface area (Å²) in [6, 6.07) is 16.0. The molecular weight excluding hydrogens is 348 g/mol. The molecule has 3 N–H and O–H groups in total. The molecule has 1 aromatic heterocycles. The van der Waals surface area contributed by atoms with E-state index in [0.29, 0.717) is 6.54 Å². The molecule has 0 fully saturated rings. The zero-order valence-corrected chi connectivity index (χ0v) is 15.5. The third-order valence-corrected chi connectivity index (χ3v) is 4.24. The summed E-state index contributed by atoms with van der Waals surface area (Å²) < 4.78 is 0. The van der Waals surface area contributed by atoms with Gasteiger partial charge in [-0.3, -0.25) is 10.1 Å². The van der Waals surface area contributed by atoms with Crippen molar-refractivity contribution in [3.05, 3.63) is 71.0 Å². The summed E-state index contributed by atoms with van der Waals surface area (Å²) in [5.74, 6) is 1.48. The quantitative estimate of drug-likeness (QED) is 0.475. The molecule has 2 aromatic carbocycles. The second-order valence-electron chi connectivity index (χ2n) is 5.88. The van der Waals surface area contributed by atoms with E-state index in [4.69, 9.17) is 11.6 Å². The number of rotatable bonds is 5. The van der Waals surface area contributed by atoms with E-state index in [1.54, 1.807) is 7.05 Å². The maximum atomic E-state index is 6.07. The summed E-state index contributed by atoms with van der Waals surface area (Å²) in [6.07, 6.45) is 1.50. The number of hydrogen-bond donors (Lipinski definition) is 3. The molecule has 0 saturated carbocycles. The minimum atomic E-state index is 0.0837. The highest BCUT2D eigenvalue weighted by Gasteiger charge is 2.08. The lowest BCUT2D eigenvalue weighted by molar-refractivity contribution is 0.685. The zero-order chi connectivity index (χ0) is 18.4. The third kappa shape index (κ3) is 4.61. The monoisotopic (exact) mass is 368 g/mol. The fourth-order valence-electron chi connectivity index (χ4n) is 2.62. The summed E-state index contributed by atoms with van der Waals surface area (Å²) in [6.45, 7) is 2.72. The fraction of sp³-hybridized carbons (Fsp3) is 0.211. The zero-order valence-electron chi connectivity index (χ0n) is 14.7. The number of halogens is 1. The minimum absolute atomic E-state index is 0.0837. The molecule has 0 amide bonds. The maximum Gasteiger partial charge on any atom is 0.191 e. The van der Waals surface area contributed by atoms with Gasteiger partial charge in [0.15, 0.2) is 11.8 Å². The number of aromatic nitrogens is 3. The van der Waals surface area contributed by atoms with E-state index >= 15 is 0 Å². The molecule has 1 atom stereocenters. The Bertz CT molecular complexity index is 875. The van der Waals surface area contributed by atoms with Gasteiger partial charge < -0.3 is 10.6 Å². The second kappa shape index (κ2) is 8.49. The molecule has 0 bridgehead atoms. The van der Waals surface area contributed by atoms with Gasteiger partial charge in [0.1, 0.15) is 6.33 Å². The van der Waals surface area contributed by atoms with E-state index in [0.717, 1.165) is 33.5 Å². The van der Waals surface area contributed by atoms with Crippen molar-refractivity contribution in [1.29, 1.82) is 0 Å². The molecule has 3 rings (SSSR count). The molecule has 6 nitrogen and oxygen atoms in total. The summed E-state index contributed by atoms with van der Waals surface area (Å²) >= 11 is 6.07. The topological polar surface area (TPSA) is 78.0 Å². The van der Waals surface area contributed by atoms with Gasteiger partial charge in [-0.2, -0.15) is 5.10 Å².